The zero-order valence-corrected chi connectivity index (χ0v) is 12.3. The number of halogens is 3. The number of benzene rings is 1. The number of alkyl halides is 3. The molecule has 2 aromatic rings. The van der Waals surface area contributed by atoms with Crippen molar-refractivity contribution in [2.24, 2.45) is 5.73 Å². The monoisotopic (exact) mass is 316 g/mol. The number of hydrogen-bond acceptors (Lipinski definition) is 4. The Hall–Kier alpha value is -1.60. The average molecular weight is 316 g/mol. The van der Waals surface area contributed by atoms with E-state index in [2.05, 4.69) is 9.72 Å². The maximum absolute atomic E-state index is 12.1. The molecule has 0 radical (unpaired) electrons. The van der Waals surface area contributed by atoms with Crippen LogP contribution in [-0.4, -0.2) is 11.3 Å². The van der Waals surface area contributed by atoms with E-state index < -0.39 is 12.4 Å². The first-order valence-electron chi connectivity index (χ1n) is 6.33. The fourth-order valence-corrected chi connectivity index (χ4v) is 2.74. The van der Waals surface area contributed by atoms with Crippen LogP contribution in [0.25, 0.3) is 0 Å². The molecule has 1 heterocycles. The van der Waals surface area contributed by atoms with Crippen LogP contribution in [0.1, 0.15) is 42.1 Å². The molecule has 2 N–H and O–H groups in total. The molecule has 7 heteroatoms. The number of hydrogen-bond donors (Lipinski definition) is 1. The molecule has 3 nitrogen and oxygen atoms in total. The molecule has 0 aliphatic rings. The molecule has 0 saturated carbocycles. The van der Waals surface area contributed by atoms with Crippen molar-refractivity contribution < 1.29 is 17.9 Å². The van der Waals surface area contributed by atoms with E-state index in [-0.39, 0.29) is 5.75 Å². The molecular formula is C14H15F3N2OS. The maximum Gasteiger partial charge on any atom is 0.573 e. The van der Waals surface area contributed by atoms with Gasteiger partial charge >= 0.3 is 6.36 Å². The van der Waals surface area contributed by atoms with Crippen LogP contribution in [0.5, 0.6) is 5.75 Å². The topological polar surface area (TPSA) is 48.1 Å². The Bertz CT molecular complexity index is 593. The zero-order valence-electron chi connectivity index (χ0n) is 11.5. The Morgan fingerprint density at radius 1 is 1.19 bits per heavy atom. The predicted molar refractivity (Wildman–Crippen MR) is 75.4 cm³/mol. The third kappa shape index (κ3) is 4.18. The Labute approximate surface area is 124 Å². The molecule has 114 valence electrons. The Morgan fingerprint density at radius 3 is 2.29 bits per heavy atom. The van der Waals surface area contributed by atoms with Gasteiger partial charge in [-0.05, 0) is 23.6 Å². The number of aromatic nitrogens is 1. The van der Waals surface area contributed by atoms with E-state index in [1.165, 1.54) is 35.6 Å². The first-order chi connectivity index (χ1) is 9.76. The molecule has 1 atom stereocenters. The van der Waals surface area contributed by atoms with Crippen molar-refractivity contribution in [3.05, 3.63) is 45.9 Å². The summed E-state index contributed by atoms with van der Waals surface area (Å²) in [5.74, 6) is 0.0465. The third-order valence-electron chi connectivity index (χ3n) is 2.87. The standard InChI is InChI=1S/C14H15F3N2OS/c1-8(2)11-7-21-13(19-11)12(18)9-3-5-10(6-4-9)20-14(15,16)17/h3-8,12H,18H2,1-2H3. The molecule has 0 spiro atoms. The van der Waals surface area contributed by atoms with Gasteiger partial charge in [-0.2, -0.15) is 0 Å². The van der Waals surface area contributed by atoms with Gasteiger partial charge in [0, 0.05) is 5.38 Å². The highest BCUT2D eigenvalue weighted by molar-refractivity contribution is 7.09. The van der Waals surface area contributed by atoms with Crippen LogP contribution >= 0.6 is 11.3 Å². The maximum atomic E-state index is 12.1. The van der Waals surface area contributed by atoms with Gasteiger partial charge in [-0.1, -0.05) is 26.0 Å². The molecule has 0 amide bonds. The summed E-state index contributed by atoms with van der Waals surface area (Å²) in [5, 5.41) is 2.68. The molecule has 0 aliphatic carbocycles. The lowest BCUT2D eigenvalue weighted by Gasteiger charge is -2.12. The van der Waals surface area contributed by atoms with Gasteiger partial charge in [-0.25, -0.2) is 4.98 Å². The number of rotatable bonds is 4. The lowest BCUT2D eigenvalue weighted by atomic mass is 10.1. The SMILES string of the molecule is CC(C)c1csc(C(N)c2ccc(OC(F)(F)F)cc2)n1. The minimum Gasteiger partial charge on any atom is -0.406 e. The molecule has 1 unspecified atom stereocenters. The number of nitrogens with two attached hydrogens (primary N) is 1. The van der Waals surface area contributed by atoms with E-state index in [0.717, 1.165) is 10.7 Å². The minimum atomic E-state index is -4.69. The fraction of sp³-hybridized carbons (Fsp3) is 0.357. The van der Waals surface area contributed by atoms with E-state index in [4.69, 9.17) is 5.73 Å². The van der Waals surface area contributed by atoms with Crippen LogP contribution in [0.3, 0.4) is 0 Å². The fourth-order valence-electron chi connectivity index (χ4n) is 1.73. The van der Waals surface area contributed by atoms with Crippen LogP contribution in [0.15, 0.2) is 29.6 Å². The van der Waals surface area contributed by atoms with Crippen LogP contribution in [0, 0.1) is 0 Å². The van der Waals surface area contributed by atoms with E-state index in [0.29, 0.717) is 11.5 Å². The molecule has 0 saturated heterocycles. The summed E-state index contributed by atoms with van der Waals surface area (Å²) >= 11 is 1.45. The molecule has 0 fully saturated rings. The second-order valence-electron chi connectivity index (χ2n) is 4.86. The molecule has 1 aromatic heterocycles. The molecular weight excluding hydrogens is 301 g/mol. The highest BCUT2D eigenvalue weighted by atomic mass is 32.1. The Balaban J connectivity index is 2.13. The number of nitrogens with zero attached hydrogens (tertiary/aromatic N) is 1. The molecule has 2 rings (SSSR count). The number of thiazole rings is 1. The van der Waals surface area contributed by atoms with Gasteiger partial charge in [-0.3, -0.25) is 0 Å². The highest BCUT2D eigenvalue weighted by Gasteiger charge is 2.31. The Kier molecular flexibility index (Phi) is 4.53. The summed E-state index contributed by atoms with van der Waals surface area (Å²) in [6.07, 6.45) is -4.69. The predicted octanol–water partition coefficient (Wildman–Crippen LogP) is 4.21. The van der Waals surface area contributed by atoms with Crippen molar-refractivity contribution >= 4 is 11.3 Å². The first-order valence-corrected chi connectivity index (χ1v) is 7.21. The van der Waals surface area contributed by atoms with Gasteiger partial charge < -0.3 is 10.5 Å². The molecule has 21 heavy (non-hydrogen) atoms. The average Bonchev–Trinajstić information content (AvgIpc) is 2.86. The zero-order chi connectivity index (χ0) is 15.6. The third-order valence-corrected chi connectivity index (χ3v) is 3.82. The van der Waals surface area contributed by atoms with Gasteiger partial charge in [-0.15, -0.1) is 24.5 Å². The second-order valence-corrected chi connectivity index (χ2v) is 5.75. The second kappa shape index (κ2) is 6.03. The largest absolute Gasteiger partial charge is 0.573 e. The summed E-state index contributed by atoms with van der Waals surface area (Å²) < 4.78 is 40.1. The Morgan fingerprint density at radius 2 is 1.81 bits per heavy atom. The van der Waals surface area contributed by atoms with Crippen molar-refractivity contribution in [2.75, 3.05) is 0 Å². The normalized spacial score (nSPS) is 13.5. The summed E-state index contributed by atoms with van der Waals surface area (Å²) in [6, 6.07) is 5.08. The van der Waals surface area contributed by atoms with Gasteiger partial charge in [0.25, 0.3) is 0 Å². The van der Waals surface area contributed by atoms with Crippen LogP contribution in [0.4, 0.5) is 13.2 Å². The van der Waals surface area contributed by atoms with Crippen molar-refractivity contribution in [3.8, 4) is 5.75 Å². The quantitative estimate of drug-likeness (QED) is 0.919. The van der Waals surface area contributed by atoms with Crippen molar-refractivity contribution in [3.63, 3.8) is 0 Å². The van der Waals surface area contributed by atoms with Gasteiger partial charge in [0.05, 0.1) is 11.7 Å². The molecule has 0 bridgehead atoms. The van der Waals surface area contributed by atoms with Crippen molar-refractivity contribution in [1.82, 2.24) is 4.98 Å². The lowest BCUT2D eigenvalue weighted by Crippen LogP contribution is -2.17. The molecule has 1 aromatic carbocycles. The van der Waals surface area contributed by atoms with Gasteiger partial charge in [0.15, 0.2) is 0 Å². The lowest BCUT2D eigenvalue weighted by molar-refractivity contribution is -0.274. The first kappa shape index (κ1) is 15.8. The summed E-state index contributed by atoms with van der Waals surface area (Å²) in [6.45, 7) is 4.07. The van der Waals surface area contributed by atoms with Gasteiger partial charge in [0.2, 0.25) is 0 Å². The summed E-state index contributed by atoms with van der Waals surface area (Å²) in [4.78, 5) is 4.45. The van der Waals surface area contributed by atoms with Crippen LogP contribution in [-0.2, 0) is 0 Å². The van der Waals surface area contributed by atoms with E-state index in [1.54, 1.807) is 0 Å². The minimum absolute atomic E-state index is 0.263. The van der Waals surface area contributed by atoms with E-state index in [9.17, 15) is 13.2 Å². The smallest absolute Gasteiger partial charge is 0.406 e. The van der Waals surface area contributed by atoms with Crippen molar-refractivity contribution in [1.29, 1.82) is 0 Å². The molecule has 0 aliphatic heterocycles. The summed E-state index contributed by atoms with van der Waals surface area (Å²) in [5.41, 5.74) is 7.74. The van der Waals surface area contributed by atoms with E-state index >= 15 is 0 Å². The number of ether oxygens (including phenoxy) is 1. The highest BCUT2D eigenvalue weighted by Crippen LogP contribution is 2.28. The summed E-state index contributed by atoms with van der Waals surface area (Å²) in [7, 11) is 0. The van der Waals surface area contributed by atoms with E-state index in [1.807, 2.05) is 19.2 Å². The van der Waals surface area contributed by atoms with Crippen LogP contribution < -0.4 is 10.5 Å². The van der Waals surface area contributed by atoms with Crippen LogP contribution in [0.2, 0.25) is 0 Å². The van der Waals surface area contributed by atoms with Crippen molar-refractivity contribution in [2.45, 2.75) is 32.2 Å². The van der Waals surface area contributed by atoms with Gasteiger partial charge in [0.1, 0.15) is 10.8 Å².